The van der Waals surface area contributed by atoms with Crippen LogP contribution in [0.1, 0.15) is 17.2 Å². The summed E-state index contributed by atoms with van der Waals surface area (Å²) in [6, 6.07) is 10.3. The predicted octanol–water partition coefficient (Wildman–Crippen LogP) is 1.98. The van der Waals surface area contributed by atoms with Crippen molar-refractivity contribution in [2.75, 3.05) is 12.3 Å². The molecule has 0 aliphatic carbocycles. The zero-order valence-corrected chi connectivity index (χ0v) is 14.9. The quantitative estimate of drug-likeness (QED) is 0.482. The molecular weight excluding hydrogens is 360 g/mol. The fourth-order valence-corrected chi connectivity index (χ4v) is 4.53. The molecule has 1 fully saturated rings. The maximum Gasteiger partial charge on any atom is 0.326 e. The van der Waals surface area contributed by atoms with Crippen LogP contribution in [-0.4, -0.2) is 37.1 Å². The molecule has 8 nitrogen and oxygen atoms in total. The molecule has 0 amide bonds. The van der Waals surface area contributed by atoms with E-state index >= 15 is 0 Å². The van der Waals surface area contributed by atoms with E-state index in [-0.39, 0.29) is 15.8 Å². The molecule has 0 radical (unpaired) electrons. The molecule has 138 valence electrons. The Morgan fingerprint density at radius 3 is 2.23 bits per heavy atom. The standard InChI is InChI=1S/C17H17N2O6S/c1-11-3-9-14(10-4-11)26(23,24)18-15(16(18)17(20)25-2)12-5-7-13(8-6-12)19(21)22/h3-10,15-16,21H,1-2H3/q-1/t15-,16+,18?/m0/s1. The Morgan fingerprint density at radius 2 is 1.73 bits per heavy atom. The first-order chi connectivity index (χ1) is 12.3. The Labute approximate surface area is 150 Å². The topological polar surface area (TPSA) is 110 Å². The summed E-state index contributed by atoms with van der Waals surface area (Å²) in [5.74, 6) is -0.664. The van der Waals surface area contributed by atoms with Crippen LogP contribution in [0.25, 0.3) is 0 Å². The van der Waals surface area contributed by atoms with Crippen molar-refractivity contribution in [2.24, 2.45) is 0 Å². The third kappa shape index (κ3) is 3.17. The predicted molar refractivity (Wildman–Crippen MR) is 92.8 cm³/mol. The summed E-state index contributed by atoms with van der Waals surface area (Å²) in [7, 11) is -2.71. The van der Waals surface area contributed by atoms with Crippen molar-refractivity contribution < 1.29 is 23.2 Å². The number of benzene rings is 2. The van der Waals surface area contributed by atoms with Crippen LogP contribution in [0.2, 0.25) is 0 Å². The lowest BCUT2D eigenvalue weighted by molar-refractivity contribution is -0.140. The molecule has 1 saturated heterocycles. The van der Waals surface area contributed by atoms with Crippen molar-refractivity contribution in [1.82, 2.24) is 4.31 Å². The zero-order valence-electron chi connectivity index (χ0n) is 14.1. The lowest BCUT2D eigenvalue weighted by atomic mass is 10.1. The SMILES string of the molecule is COC(=O)[C@H]1[C@H](c2ccc(N([O-])O)cc2)N1S(=O)(=O)c1ccc(C)cc1. The number of methoxy groups -OCH3 is 1. The lowest BCUT2D eigenvalue weighted by Crippen LogP contribution is -2.20. The second-order valence-corrected chi connectivity index (χ2v) is 7.77. The van der Waals surface area contributed by atoms with Crippen molar-refractivity contribution in [3.8, 4) is 0 Å². The van der Waals surface area contributed by atoms with Gasteiger partial charge in [-0.25, -0.2) is 8.42 Å². The van der Waals surface area contributed by atoms with Crippen LogP contribution < -0.4 is 5.23 Å². The van der Waals surface area contributed by atoms with E-state index in [1.807, 2.05) is 6.92 Å². The van der Waals surface area contributed by atoms with E-state index in [0.717, 1.165) is 9.87 Å². The number of ether oxygens (including phenoxy) is 1. The van der Waals surface area contributed by atoms with Crippen LogP contribution in [0.15, 0.2) is 53.4 Å². The van der Waals surface area contributed by atoms with E-state index in [1.54, 1.807) is 12.1 Å². The largest absolute Gasteiger partial charge is 0.733 e. The number of esters is 1. The van der Waals surface area contributed by atoms with Gasteiger partial charge in [0.05, 0.1) is 23.7 Å². The fourth-order valence-electron chi connectivity index (χ4n) is 2.82. The normalized spacial score (nSPS) is 21.9. The summed E-state index contributed by atoms with van der Waals surface area (Å²) in [4.78, 5) is 12.1. The number of carbonyl (C=O) groups excluding carboxylic acids is 1. The number of nitrogens with zero attached hydrogens (tertiary/aromatic N) is 2. The van der Waals surface area contributed by atoms with Crippen LogP contribution in [0.4, 0.5) is 5.69 Å². The van der Waals surface area contributed by atoms with Gasteiger partial charge in [-0.05, 0) is 36.8 Å². The first kappa shape index (κ1) is 18.3. The molecular formula is C17H17N2O6S-. The average molecular weight is 377 g/mol. The van der Waals surface area contributed by atoms with Crippen molar-refractivity contribution >= 4 is 21.7 Å². The number of rotatable bonds is 5. The molecule has 1 aliphatic heterocycles. The van der Waals surface area contributed by atoms with E-state index < -0.39 is 28.1 Å². The van der Waals surface area contributed by atoms with Gasteiger partial charge in [0, 0.05) is 0 Å². The highest BCUT2D eigenvalue weighted by Gasteiger charge is 2.61. The summed E-state index contributed by atoms with van der Waals surface area (Å²) in [6.07, 6.45) is 0. The van der Waals surface area contributed by atoms with Gasteiger partial charge in [-0.3, -0.25) is 10.0 Å². The van der Waals surface area contributed by atoms with Crippen molar-refractivity contribution in [2.45, 2.75) is 23.9 Å². The smallest absolute Gasteiger partial charge is 0.326 e. The first-order valence-corrected chi connectivity index (χ1v) is 9.15. The Bertz CT molecular complexity index is 909. The number of anilines is 1. The number of carbonyl (C=O) groups is 1. The Kier molecular flexibility index (Phi) is 4.72. The maximum atomic E-state index is 12.9. The molecule has 1 aliphatic rings. The first-order valence-electron chi connectivity index (χ1n) is 7.71. The molecule has 0 bridgehead atoms. The summed E-state index contributed by atoms with van der Waals surface area (Å²) in [5.41, 5.74) is 1.43. The van der Waals surface area contributed by atoms with Gasteiger partial charge in [0.15, 0.2) is 0 Å². The minimum atomic E-state index is -3.90. The van der Waals surface area contributed by atoms with E-state index in [1.165, 1.54) is 43.5 Å². The van der Waals surface area contributed by atoms with Crippen LogP contribution in [-0.2, 0) is 19.6 Å². The third-order valence-corrected chi connectivity index (χ3v) is 6.13. The van der Waals surface area contributed by atoms with Crippen molar-refractivity contribution in [3.05, 3.63) is 64.9 Å². The molecule has 9 heteroatoms. The third-order valence-electron chi connectivity index (χ3n) is 4.25. The van der Waals surface area contributed by atoms with Gasteiger partial charge in [-0.1, -0.05) is 29.8 Å². The monoisotopic (exact) mass is 377 g/mol. The number of aryl methyl sites for hydroxylation is 1. The van der Waals surface area contributed by atoms with Crippen molar-refractivity contribution in [1.29, 1.82) is 0 Å². The summed E-state index contributed by atoms with van der Waals surface area (Å²) in [5, 5.41) is 19.5. The van der Waals surface area contributed by atoms with Crippen LogP contribution >= 0.6 is 0 Å². The molecule has 1 N–H and O–H groups in total. The van der Waals surface area contributed by atoms with E-state index in [0.29, 0.717) is 5.56 Å². The van der Waals surface area contributed by atoms with E-state index in [9.17, 15) is 18.4 Å². The van der Waals surface area contributed by atoms with Gasteiger partial charge >= 0.3 is 5.97 Å². The molecule has 0 aromatic heterocycles. The molecule has 1 heterocycles. The van der Waals surface area contributed by atoms with E-state index in [4.69, 9.17) is 9.94 Å². The number of hydrogen-bond acceptors (Lipinski definition) is 7. The summed E-state index contributed by atoms with van der Waals surface area (Å²) >= 11 is 0. The molecule has 3 rings (SSSR count). The van der Waals surface area contributed by atoms with Gasteiger partial charge in [0.2, 0.25) is 10.0 Å². The lowest BCUT2D eigenvalue weighted by Gasteiger charge is -2.21. The molecule has 1 unspecified atom stereocenters. The molecule has 26 heavy (non-hydrogen) atoms. The second kappa shape index (κ2) is 6.69. The molecule has 2 aromatic rings. The van der Waals surface area contributed by atoms with Gasteiger partial charge in [0.25, 0.3) is 0 Å². The Morgan fingerprint density at radius 1 is 1.15 bits per heavy atom. The van der Waals surface area contributed by atoms with E-state index in [2.05, 4.69) is 0 Å². The van der Waals surface area contributed by atoms with Gasteiger partial charge in [0.1, 0.15) is 6.04 Å². The Hall–Kier alpha value is -2.46. The molecule has 3 atom stereocenters. The highest BCUT2D eigenvalue weighted by molar-refractivity contribution is 7.89. The maximum absolute atomic E-state index is 12.9. The molecule has 2 aromatic carbocycles. The van der Waals surface area contributed by atoms with Crippen LogP contribution in [0.5, 0.6) is 0 Å². The number of hydrogen-bond donors (Lipinski definition) is 1. The summed E-state index contributed by atoms with van der Waals surface area (Å²) < 4.78 is 31.6. The number of sulfonamides is 1. The highest BCUT2D eigenvalue weighted by atomic mass is 32.2. The fraction of sp³-hybridized carbons (Fsp3) is 0.235. The van der Waals surface area contributed by atoms with Crippen LogP contribution in [0.3, 0.4) is 0 Å². The van der Waals surface area contributed by atoms with Gasteiger partial charge < -0.3 is 15.2 Å². The minimum Gasteiger partial charge on any atom is -0.733 e. The second-order valence-electron chi connectivity index (χ2n) is 5.93. The van der Waals surface area contributed by atoms with Crippen LogP contribution in [0, 0.1) is 12.1 Å². The Balaban J connectivity index is 1.96. The molecule has 0 saturated carbocycles. The van der Waals surface area contributed by atoms with Crippen molar-refractivity contribution in [3.63, 3.8) is 0 Å². The zero-order chi connectivity index (χ0) is 19.1. The molecule has 0 spiro atoms. The van der Waals surface area contributed by atoms with Gasteiger partial charge in [-0.2, -0.15) is 4.31 Å². The highest BCUT2D eigenvalue weighted by Crippen LogP contribution is 2.48. The van der Waals surface area contributed by atoms with Gasteiger partial charge in [-0.15, -0.1) is 0 Å². The summed E-state index contributed by atoms with van der Waals surface area (Å²) in [6.45, 7) is 1.84. The average Bonchev–Trinajstić information content (AvgIpc) is 3.38. The minimum absolute atomic E-state index is 0.00282.